The van der Waals surface area contributed by atoms with Crippen molar-refractivity contribution in [3.05, 3.63) is 24.3 Å². The Balaban J connectivity index is 2.71. The van der Waals surface area contributed by atoms with E-state index in [0.29, 0.717) is 11.4 Å². The van der Waals surface area contributed by atoms with Gasteiger partial charge in [0.25, 0.3) is 0 Å². The lowest BCUT2D eigenvalue weighted by Gasteiger charge is -2.20. The zero-order valence-corrected chi connectivity index (χ0v) is 13.1. The Morgan fingerprint density at radius 2 is 1.68 bits per heavy atom. The number of methoxy groups -OCH3 is 1. The Bertz CT molecular complexity index is 557. The largest absolute Gasteiger partial charge is 0.467 e. The van der Waals surface area contributed by atoms with Gasteiger partial charge in [0, 0.05) is 18.3 Å². The van der Waals surface area contributed by atoms with Gasteiger partial charge in [-0.05, 0) is 24.1 Å². The molecule has 3 N–H and O–H groups in total. The van der Waals surface area contributed by atoms with Gasteiger partial charge in [-0.3, -0.25) is 4.79 Å². The summed E-state index contributed by atoms with van der Waals surface area (Å²) in [6.45, 7) is 5.01. The number of anilines is 2. The van der Waals surface area contributed by atoms with Crippen molar-refractivity contribution in [1.29, 1.82) is 0 Å². The van der Waals surface area contributed by atoms with Crippen molar-refractivity contribution in [2.45, 2.75) is 26.8 Å². The molecule has 0 saturated carbocycles. The second-order valence-electron chi connectivity index (χ2n) is 5.11. The van der Waals surface area contributed by atoms with Gasteiger partial charge in [0.2, 0.25) is 5.91 Å². The molecule has 0 aliphatic carbocycles. The molecule has 1 aromatic rings. The highest BCUT2D eigenvalue weighted by Gasteiger charge is 2.24. The number of esters is 1. The molecule has 1 atom stereocenters. The molecule has 7 heteroatoms. The predicted octanol–water partition coefficient (Wildman–Crippen LogP) is 1.96. The van der Waals surface area contributed by atoms with Crippen LogP contribution in [0.2, 0.25) is 0 Å². The lowest BCUT2D eigenvalue weighted by atomic mass is 10.1. The Morgan fingerprint density at radius 3 is 2.18 bits per heavy atom. The number of benzene rings is 1. The van der Waals surface area contributed by atoms with Crippen LogP contribution in [0.5, 0.6) is 0 Å². The minimum atomic E-state index is -0.733. The normalized spacial score (nSPS) is 11.5. The maximum absolute atomic E-state index is 12.0. The van der Waals surface area contributed by atoms with Crippen molar-refractivity contribution in [1.82, 2.24) is 5.32 Å². The first-order valence-corrected chi connectivity index (χ1v) is 6.86. The highest BCUT2D eigenvalue weighted by molar-refractivity contribution is 5.94. The highest BCUT2D eigenvalue weighted by Crippen LogP contribution is 2.15. The summed E-state index contributed by atoms with van der Waals surface area (Å²) in [5, 5.41) is 7.79. The van der Waals surface area contributed by atoms with E-state index in [1.807, 2.05) is 0 Å². The maximum Gasteiger partial charge on any atom is 0.328 e. The number of carbonyl (C=O) groups is 3. The van der Waals surface area contributed by atoms with Gasteiger partial charge < -0.3 is 20.7 Å². The standard InChI is InChI=1S/C15H21N3O4/c1-9(2)13(14(20)22-4)18-15(21)17-12-7-5-6-11(8-12)16-10(3)19/h5-9,13H,1-4H3,(H,16,19)(H2,17,18,21)/t13-/m0/s1. The van der Waals surface area contributed by atoms with Crippen molar-refractivity contribution < 1.29 is 19.1 Å². The van der Waals surface area contributed by atoms with Gasteiger partial charge in [0.15, 0.2) is 0 Å². The van der Waals surface area contributed by atoms with Crippen molar-refractivity contribution >= 4 is 29.3 Å². The quantitative estimate of drug-likeness (QED) is 0.724. The number of nitrogens with one attached hydrogen (secondary N) is 3. The molecule has 0 fully saturated rings. The molecule has 0 aliphatic rings. The molecule has 0 radical (unpaired) electrons. The fourth-order valence-electron chi connectivity index (χ4n) is 1.81. The molecule has 0 bridgehead atoms. The average molecular weight is 307 g/mol. The number of ether oxygens (including phenoxy) is 1. The summed E-state index contributed by atoms with van der Waals surface area (Å²) in [6.07, 6.45) is 0. The van der Waals surface area contributed by atoms with Gasteiger partial charge in [0.1, 0.15) is 6.04 Å². The van der Waals surface area contributed by atoms with Crippen molar-refractivity contribution in [2.24, 2.45) is 5.92 Å². The van der Waals surface area contributed by atoms with Crippen LogP contribution in [0.3, 0.4) is 0 Å². The van der Waals surface area contributed by atoms with Crippen LogP contribution in [0, 0.1) is 5.92 Å². The number of hydrogen-bond donors (Lipinski definition) is 3. The Labute approximate surface area is 129 Å². The van der Waals surface area contributed by atoms with Crippen LogP contribution in [0.4, 0.5) is 16.2 Å². The van der Waals surface area contributed by atoms with Gasteiger partial charge in [-0.2, -0.15) is 0 Å². The first-order valence-electron chi connectivity index (χ1n) is 6.86. The third kappa shape index (κ3) is 5.43. The van der Waals surface area contributed by atoms with Crippen LogP contribution in [-0.4, -0.2) is 31.1 Å². The van der Waals surface area contributed by atoms with Gasteiger partial charge in [-0.1, -0.05) is 19.9 Å². The second kappa shape index (κ2) is 8.02. The number of amides is 3. The summed E-state index contributed by atoms with van der Waals surface area (Å²) in [5.41, 5.74) is 1.06. The molecular formula is C15H21N3O4. The van der Waals surface area contributed by atoms with Crippen LogP contribution >= 0.6 is 0 Å². The number of hydrogen-bond acceptors (Lipinski definition) is 4. The van der Waals surface area contributed by atoms with Crippen LogP contribution in [0.25, 0.3) is 0 Å². The van der Waals surface area contributed by atoms with Crippen LogP contribution in [0.15, 0.2) is 24.3 Å². The third-order valence-corrected chi connectivity index (χ3v) is 2.85. The zero-order chi connectivity index (χ0) is 16.7. The van der Waals surface area contributed by atoms with E-state index in [-0.39, 0.29) is 11.8 Å². The van der Waals surface area contributed by atoms with E-state index in [0.717, 1.165) is 0 Å². The lowest BCUT2D eigenvalue weighted by Crippen LogP contribution is -2.46. The molecule has 1 aromatic carbocycles. The van der Waals surface area contributed by atoms with Gasteiger partial charge >= 0.3 is 12.0 Å². The van der Waals surface area contributed by atoms with Gasteiger partial charge in [-0.25, -0.2) is 9.59 Å². The van der Waals surface area contributed by atoms with E-state index in [1.54, 1.807) is 38.1 Å². The molecule has 0 heterocycles. The van der Waals surface area contributed by atoms with Crippen LogP contribution in [-0.2, 0) is 14.3 Å². The molecule has 3 amide bonds. The third-order valence-electron chi connectivity index (χ3n) is 2.85. The topological polar surface area (TPSA) is 96.5 Å². The minimum Gasteiger partial charge on any atom is -0.467 e. The molecule has 1 rings (SSSR count). The van der Waals surface area contributed by atoms with E-state index in [1.165, 1.54) is 14.0 Å². The minimum absolute atomic E-state index is 0.107. The van der Waals surface area contributed by atoms with Crippen molar-refractivity contribution in [3.8, 4) is 0 Å². The zero-order valence-electron chi connectivity index (χ0n) is 13.1. The molecule has 120 valence electrons. The smallest absolute Gasteiger partial charge is 0.328 e. The molecular weight excluding hydrogens is 286 g/mol. The second-order valence-corrected chi connectivity index (χ2v) is 5.11. The first-order chi connectivity index (χ1) is 10.3. The van der Waals surface area contributed by atoms with Crippen molar-refractivity contribution in [2.75, 3.05) is 17.7 Å². The van der Waals surface area contributed by atoms with Crippen LogP contribution in [0.1, 0.15) is 20.8 Å². The summed E-state index contributed by atoms with van der Waals surface area (Å²) in [4.78, 5) is 34.6. The lowest BCUT2D eigenvalue weighted by molar-refractivity contribution is -0.143. The summed E-state index contributed by atoms with van der Waals surface area (Å²) in [7, 11) is 1.27. The monoisotopic (exact) mass is 307 g/mol. The molecule has 22 heavy (non-hydrogen) atoms. The maximum atomic E-state index is 12.0. The SMILES string of the molecule is COC(=O)[C@@H](NC(=O)Nc1cccc(NC(C)=O)c1)C(C)C. The van der Waals surface area contributed by atoms with E-state index in [4.69, 9.17) is 0 Å². The Kier molecular flexibility index (Phi) is 6.37. The molecule has 0 saturated heterocycles. The summed E-state index contributed by atoms with van der Waals surface area (Å²) in [5.74, 6) is -0.812. The van der Waals surface area contributed by atoms with E-state index >= 15 is 0 Å². The molecule has 0 spiro atoms. The fourth-order valence-corrected chi connectivity index (χ4v) is 1.81. The molecule has 0 aromatic heterocycles. The van der Waals surface area contributed by atoms with Gasteiger partial charge in [0.05, 0.1) is 7.11 Å². The fraction of sp³-hybridized carbons (Fsp3) is 0.400. The number of carbonyl (C=O) groups excluding carboxylic acids is 3. The number of rotatable bonds is 5. The Morgan fingerprint density at radius 1 is 1.09 bits per heavy atom. The van der Waals surface area contributed by atoms with Crippen molar-refractivity contribution in [3.63, 3.8) is 0 Å². The van der Waals surface area contributed by atoms with Crippen LogP contribution < -0.4 is 16.0 Å². The highest BCUT2D eigenvalue weighted by atomic mass is 16.5. The number of urea groups is 1. The van der Waals surface area contributed by atoms with E-state index in [2.05, 4.69) is 20.7 Å². The Hall–Kier alpha value is -2.57. The summed E-state index contributed by atoms with van der Waals surface area (Å²) < 4.78 is 4.66. The summed E-state index contributed by atoms with van der Waals surface area (Å²) in [6, 6.07) is 5.43. The van der Waals surface area contributed by atoms with E-state index < -0.39 is 18.0 Å². The molecule has 7 nitrogen and oxygen atoms in total. The first kappa shape index (κ1) is 17.5. The average Bonchev–Trinajstić information content (AvgIpc) is 2.43. The van der Waals surface area contributed by atoms with Gasteiger partial charge in [-0.15, -0.1) is 0 Å². The predicted molar refractivity (Wildman–Crippen MR) is 83.5 cm³/mol. The summed E-state index contributed by atoms with van der Waals surface area (Å²) >= 11 is 0. The molecule has 0 unspecified atom stereocenters. The van der Waals surface area contributed by atoms with E-state index in [9.17, 15) is 14.4 Å². The molecule has 0 aliphatic heterocycles.